The fourth-order valence-electron chi connectivity index (χ4n) is 2.93. The van der Waals surface area contributed by atoms with Crippen LogP contribution >= 0.6 is 0 Å². The molecule has 0 bridgehead atoms. The summed E-state index contributed by atoms with van der Waals surface area (Å²) in [4.78, 5) is 24.9. The number of carbonyl (C=O) groups is 1. The number of hydrogen-bond acceptors (Lipinski definition) is 6. The van der Waals surface area contributed by atoms with E-state index in [1.807, 2.05) is 18.2 Å². The van der Waals surface area contributed by atoms with E-state index < -0.39 is 6.16 Å². The predicted molar refractivity (Wildman–Crippen MR) is 108 cm³/mol. The molecule has 0 spiro atoms. The minimum atomic E-state index is -0.886. The second-order valence-corrected chi connectivity index (χ2v) is 6.10. The molecule has 3 aromatic carbocycles. The lowest BCUT2D eigenvalue weighted by atomic mass is 10.0. The smallest absolute Gasteiger partial charge is 0.496 e. The molecule has 0 amide bonds. The summed E-state index contributed by atoms with van der Waals surface area (Å²) in [5, 5.41) is 0.359. The zero-order chi connectivity index (χ0) is 20.2. The van der Waals surface area contributed by atoms with Crippen molar-refractivity contribution in [3.63, 3.8) is 0 Å². The van der Waals surface area contributed by atoms with Gasteiger partial charge in [-0.3, -0.25) is 4.79 Å². The minimum Gasteiger partial charge on any atom is -0.496 e. The Labute approximate surface area is 165 Å². The first-order valence-electron chi connectivity index (χ1n) is 8.79. The highest BCUT2D eigenvalue weighted by molar-refractivity contribution is 5.84. The monoisotopic (exact) mass is 388 g/mol. The molecule has 1 heterocycles. The van der Waals surface area contributed by atoms with Crippen molar-refractivity contribution in [3.05, 3.63) is 89.3 Å². The number of carbonyl (C=O) groups excluding carboxylic acids is 1. The zero-order valence-electron chi connectivity index (χ0n) is 15.5. The molecule has 0 saturated heterocycles. The lowest BCUT2D eigenvalue weighted by Gasteiger charge is -2.09. The molecule has 144 valence electrons. The standard InChI is InChI=1S/C23H16O6/c1-26-20-10-6-5-9-17(20)19-14-27-21-13-16(11-12-18(21)22(19)24)29-23(25)28-15-7-3-2-4-8-15/h2-14H,1H3. The summed E-state index contributed by atoms with van der Waals surface area (Å²) in [5.74, 6) is 1.14. The molecule has 6 heteroatoms. The van der Waals surface area contributed by atoms with Crippen LogP contribution < -0.4 is 19.6 Å². The predicted octanol–water partition coefficient (Wildman–Crippen LogP) is 5.05. The van der Waals surface area contributed by atoms with E-state index in [0.29, 0.717) is 33.6 Å². The Morgan fingerprint density at radius 1 is 0.828 bits per heavy atom. The summed E-state index contributed by atoms with van der Waals surface area (Å²) in [6, 6.07) is 20.3. The quantitative estimate of drug-likeness (QED) is 0.360. The van der Waals surface area contributed by atoms with Crippen molar-refractivity contribution < 1.29 is 23.4 Å². The SMILES string of the molecule is COc1ccccc1-c1coc2cc(OC(=O)Oc3ccccc3)ccc2c1=O. The van der Waals surface area contributed by atoms with Crippen molar-refractivity contribution in [1.29, 1.82) is 0 Å². The van der Waals surface area contributed by atoms with Crippen molar-refractivity contribution in [2.24, 2.45) is 0 Å². The van der Waals surface area contributed by atoms with Gasteiger partial charge in [-0.2, -0.15) is 0 Å². The molecule has 0 unspecified atom stereocenters. The number of methoxy groups -OCH3 is 1. The summed E-state index contributed by atoms with van der Waals surface area (Å²) in [6.07, 6.45) is 0.484. The number of ether oxygens (including phenoxy) is 3. The van der Waals surface area contributed by atoms with E-state index in [1.54, 1.807) is 49.6 Å². The van der Waals surface area contributed by atoms with Crippen LogP contribution in [0.25, 0.3) is 22.1 Å². The third-order valence-corrected chi connectivity index (χ3v) is 4.29. The molecule has 0 aliphatic carbocycles. The molecule has 6 nitrogen and oxygen atoms in total. The Morgan fingerprint density at radius 2 is 1.55 bits per heavy atom. The lowest BCUT2D eigenvalue weighted by Crippen LogP contribution is -2.13. The summed E-state index contributed by atoms with van der Waals surface area (Å²) >= 11 is 0. The van der Waals surface area contributed by atoms with E-state index in [1.165, 1.54) is 18.4 Å². The van der Waals surface area contributed by atoms with Crippen LogP contribution in [0.1, 0.15) is 0 Å². The second-order valence-electron chi connectivity index (χ2n) is 6.10. The van der Waals surface area contributed by atoms with Crippen molar-refractivity contribution in [2.45, 2.75) is 0 Å². The largest absolute Gasteiger partial charge is 0.519 e. The van der Waals surface area contributed by atoms with Gasteiger partial charge in [-0.05, 0) is 30.3 Å². The molecule has 1 aromatic heterocycles. The van der Waals surface area contributed by atoms with Gasteiger partial charge in [-0.15, -0.1) is 0 Å². The van der Waals surface area contributed by atoms with Gasteiger partial charge in [0.25, 0.3) is 0 Å². The molecule has 0 fully saturated rings. The Morgan fingerprint density at radius 3 is 2.34 bits per heavy atom. The normalized spacial score (nSPS) is 10.5. The molecule has 0 N–H and O–H groups in total. The van der Waals surface area contributed by atoms with Gasteiger partial charge in [0.1, 0.15) is 29.1 Å². The molecule has 0 radical (unpaired) electrons. The number of para-hydroxylation sites is 2. The zero-order valence-corrected chi connectivity index (χ0v) is 15.5. The molecular formula is C23H16O6. The van der Waals surface area contributed by atoms with Crippen molar-refractivity contribution in [2.75, 3.05) is 7.11 Å². The van der Waals surface area contributed by atoms with Gasteiger partial charge in [0.2, 0.25) is 5.43 Å². The average Bonchev–Trinajstić information content (AvgIpc) is 2.74. The van der Waals surface area contributed by atoms with Crippen LogP contribution in [-0.2, 0) is 0 Å². The first-order valence-corrected chi connectivity index (χ1v) is 8.79. The Kier molecular flexibility index (Phi) is 4.99. The first-order chi connectivity index (χ1) is 14.2. The van der Waals surface area contributed by atoms with Crippen LogP contribution in [0.2, 0.25) is 0 Å². The Hall–Kier alpha value is -4.06. The van der Waals surface area contributed by atoms with E-state index >= 15 is 0 Å². The fraction of sp³-hybridized carbons (Fsp3) is 0.0435. The molecule has 29 heavy (non-hydrogen) atoms. The van der Waals surface area contributed by atoms with Gasteiger partial charge in [0, 0.05) is 11.6 Å². The molecule has 4 rings (SSSR count). The van der Waals surface area contributed by atoms with Gasteiger partial charge < -0.3 is 18.6 Å². The average molecular weight is 388 g/mol. The van der Waals surface area contributed by atoms with E-state index in [4.69, 9.17) is 18.6 Å². The number of rotatable bonds is 4. The highest BCUT2D eigenvalue weighted by Gasteiger charge is 2.14. The maximum Gasteiger partial charge on any atom is 0.519 e. The maximum atomic E-state index is 12.9. The molecular weight excluding hydrogens is 372 g/mol. The van der Waals surface area contributed by atoms with Gasteiger partial charge in [0.05, 0.1) is 18.1 Å². The highest BCUT2D eigenvalue weighted by atomic mass is 16.7. The summed E-state index contributed by atoms with van der Waals surface area (Å²) in [7, 11) is 1.54. The number of benzene rings is 3. The molecule has 0 aliphatic rings. The van der Waals surface area contributed by atoms with Crippen LogP contribution in [-0.4, -0.2) is 13.3 Å². The third kappa shape index (κ3) is 3.82. The van der Waals surface area contributed by atoms with E-state index in [2.05, 4.69) is 0 Å². The second kappa shape index (κ2) is 7.90. The Bertz CT molecular complexity index is 1230. The summed E-state index contributed by atoms with van der Waals surface area (Å²) in [5.41, 5.74) is 1.09. The van der Waals surface area contributed by atoms with Crippen LogP contribution in [0.15, 0.2) is 88.3 Å². The van der Waals surface area contributed by atoms with Gasteiger partial charge >= 0.3 is 6.16 Å². The molecule has 0 atom stereocenters. The van der Waals surface area contributed by atoms with Gasteiger partial charge in [0.15, 0.2) is 0 Å². The van der Waals surface area contributed by atoms with Crippen LogP contribution in [0.4, 0.5) is 4.79 Å². The van der Waals surface area contributed by atoms with E-state index in [0.717, 1.165) is 0 Å². The van der Waals surface area contributed by atoms with Crippen LogP contribution in [0.5, 0.6) is 17.2 Å². The van der Waals surface area contributed by atoms with Crippen molar-refractivity contribution in [1.82, 2.24) is 0 Å². The van der Waals surface area contributed by atoms with Gasteiger partial charge in [-0.1, -0.05) is 36.4 Å². The molecule has 4 aromatic rings. The topological polar surface area (TPSA) is 75.0 Å². The Balaban J connectivity index is 1.62. The van der Waals surface area contributed by atoms with Crippen molar-refractivity contribution in [3.8, 4) is 28.4 Å². The van der Waals surface area contributed by atoms with Crippen LogP contribution in [0.3, 0.4) is 0 Å². The minimum absolute atomic E-state index is 0.201. The lowest BCUT2D eigenvalue weighted by molar-refractivity contribution is 0.152. The van der Waals surface area contributed by atoms with E-state index in [-0.39, 0.29) is 11.2 Å². The van der Waals surface area contributed by atoms with E-state index in [9.17, 15) is 9.59 Å². The third-order valence-electron chi connectivity index (χ3n) is 4.29. The number of hydrogen-bond donors (Lipinski definition) is 0. The number of fused-ring (bicyclic) bond motifs is 1. The fourth-order valence-corrected chi connectivity index (χ4v) is 2.93. The molecule has 0 aliphatic heterocycles. The maximum absolute atomic E-state index is 12.9. The van der Waals surface area contributed by atoms with Gasteiger partial charge in [-0.25, -0.2) is 4.79 Å². The van der Waals surface area contributed by atoms with Crippen LogP contribution in [0, 0.1) is 0 Å². The first kappa shape index (κ1) is 18.3. The molecule has 0 saturated carbocycles. The van der Waals surface area contributed by atoms with Crippen molar-refractivity contribution >= 4 is 17.1 Å². The summed E-state index contributed by atoms with van der Waals surface area (Å²) in [6.45, 7) is 0. The summed E-state index contributed by atoms with van der Waals surface area (Å²) < 4.78 is 21.2. The highest BCUT2D eigenvalue weighted by Crippen LogP contribution is 2.29.